The van der Waals surface area contributed by atoms with E-state index in [1.54, 1.807) is 0 Å². The number of carbonyl (C=O) groups excluding carboxylic acids is 2. The van der Waals surface area contributed by atoms with Crippen molar-refractivity contribution in [1.29, 1.82) is 0 Å². The number of hydrogen-bond donors (Lipinski definition) is 2. The third kappa shape index (κ3) is 5.38. The molecule has 0 saturated heterocycles. The highest BCUT2D eigenvalue weighted by atomic mass is 16.2. The summed E-state index contributed by atoms with van der Waals surface area (Å²) in [5.74, 6) is 0.556. The summed E-state index contributed by atoms with van der Waals surface area (Å²) in [4.78, 5) is 23.5. The lowest BCUT2D eigenvalue weighted by atomic mass is 9.84. The molecule has 0 aliphatic heterocycles. The van der Waals surface area contributed by atoms with E-state index in [0.29, 0.717) is 24.6 Å². The predicted octanol–water partition coefficient (Wildman–Crippen LogP) is 3.24. The first-order valence-corrected chi connectivity index (χ1v) is 8.74. The monoisotopic (exact) mass is 316 g/mol. The van der Waals surface area contributed by atoms with E-state index < -0.39 is 0 Å². The van der Waals surface area contributed by atoms with Crippen molar-refractivity contribution >= 4 is 11.8 Å². The molecule has 2 rings (SSSR count). The Kier molecular flexibility index (Phi) is 6.63. The molecule has 0 aromatic heterocycles. The molecule has 0 atom stereocenters. The van der Waals surface area contributed by atoms with E-state index in [2.05, 4.69) is 22.8 Å². The minimum absolute atomic E-state index is 0.0103. The van der Waals surface area contributed by atoms with Crippen LogP contribution in [0.1, 0.15) is 67.8 Å². The smallest absolute Gasteiger partial charge is 0.251 e. The van der Waals surface area contributed by atoms with Gasteiger partial charge in [0.2, 0.25) is 5.91 Å². The first-order valence-electron chi connectivity index (χ1n) is 8.74. The Morgan fingerprint density at radius 2 is 1.61 bits per heavy atom. The minimum atomic E-state index is -0.0843. The molecule has 1 aromatic carbocycles. The van der Waals surface area contributed by atoms with Crippen molar-refractivity contribution in [3.63, 3.8) is 0 Å². The molecule has 0 unspecified atom stereocenters. The Morgan fingerprint density at radius 3 is 2.22 bits per heavy atom. The highest BCUT2D eigenvalue weighted by Crippen LogP contribution is 2.32. The van der Waals surface area contributed by atoms with Crippen molar-refractivity contribution in [2.75, 3.05) is 13.1 Å². The van der Waals surface area contributed by atoms with Crippen LogP contribution in [0.15, 0.2) is 24.3 Å². The fourth-order valence-electron chi connectivity index (χ4n) is 3.01. The van der Waals surface area contributed by atoms with Crippen molar-refractivity contribution < 1.29 is 9.59 Å². The second kappa shape index (κ2) is 8.70. The molecule has 0 spiro atoms. The number of benzene rings is 1. The van der Waals surface area contributed by atoms with Gasteiger partial charge in [0.25, 0.3) is 5.91 Å². The topological polar surface area (TPSA) is 58.2 Å². The van der Waals surface area contributed by atoms with Crippen LogP contribution in [0.3, 0.4) is 0 Å². The van der Waals surface area contributed by atoms with Crippen LogP contribution in [-0.4, -0.2) is 24.9 Å². The Hall–Kier alpha value is -1.84. The maximum absolute atomic E-state index is 12.1. The van der Waals surface area contributed by atoms with Crippen molar-refractivity contribution in [2.45, 2.75) is 51.9 Å². The maximum Gasteiger partial charge on any atom is 0.251 e. The summed E-state index contributed by atoms with van der Waals surface area (Å²) >= 11 is 0. The Balaban J connectivity index is 1.77. The summed E-state index contributed by atoms with van der Waals surface area (Å²) in [6.45, 7) is 4.61. The van der Waals surface area contributed by atoms with Gasteiger partial charge in [0.05, 0.1) is 0 Å². The van der Waals surface area contributed by atoms with Gasteiger partial charge in [-0.25, -0.2) is 0 Å². The number of amides is 2. The molecule has 0 heterocycles. The summed E-state index contributed by atoms with van der Waals surface area (Å²) in [5.41, 5.74) is 2.03. The minimum Gasteiger partial charge on any atom is -0.354 e. The first-order chi connectivity index (χ1) is 11.1. The standard InChI is InChI=1S/C19H28N2O2/c1-14(2)18(22)20-12-13-21-19(23)17-10-8-16(9-11-17)15-6-4-3-5-7-15/h8-11,14-15H,3-7,12-13H2,1-2H3,(H,20,22)(H,21,23). The highest BCUT2D eigenvalue weighted by Gasteiger charge is 2.15. The van der Waals surface area contributed by atoms with Crippen LogP contribution < -0.4 is 10.6 Å². The molecule has 1 aliphatic carbocycles. The lowest BCUT2D eigenvalue weighted by molar-refractivity contribution is -0.123. The summed E-state index contributed by atoms with van der Waals surface area (Å²) in [6, 6.07) is 7.99. The molecule has 1 aliphatic rings. The van der Waals surface area contributed by atoms with Crippen molar-refractivity contribution in [3.05, 3.63) is 35.4 Å². The zero-order valence-corrected chi connectivity index (χ0v) is 14.2. The average molecular weight is 316 g/mol. The van der Waals surface area contributed by atoms with Gasteiger partial charge < -0.3 is 10.6 Å². The molecule has 1 aromatic rings. The number of nitrogens with one attached hydrogen (secondary N) is 2. The van der Waals surface area contributed by atoms with Crippen molar-refractivity contribution in [3.8, 4) is 0 Å². The van der Waals surface area contributed by atoms with E-state index >= 15 is 0 Å². The molecule has 4 nitrogen and oxygen atoms in total. The summed E-state index contributed by atoms with van der Waals surface area (Å²) < 4.78 is 0. The zero-order valence-electron chi connectivity index (χ0n) is 14.2. The molecule has 1 fully saturated rings. The molecule has 4 heteroatoms. The van der Waals surface area contributed by atoms with E-state index in [1.807, 2.05) is 26.0 Å². The molecule has 2 N–H and O–H groups in total. The largest absolute Gasteiger partial charge is 0.354 e. The SMILES string of the molecule is CC(C)C(=O)NCCNC(=O)c1ccc(C2CCCCC2)cc1. The summed E-state index contributed by atoms with van der Waals surface area (Å²) in [6.07, 6.45) is 6.51. The molecule has 0 bridgehead atoms. The molecule has 126 valence electrons. The summed E-state index contributed by atoms with van der Waals surface area (Å²) in [5, 5.41) is 5.63. The molecule has 0 radical (unpaired) electrons. The van der Waals surface area contributed by atoms with Gasteiger partial charge in [0.1, 0.15) is 0 Å². The van der Waals surface area contributed by atoms with Gasteiger partial charge >= 0.3 is 0 Å². The summed E-state index contributed by atoms with van der Waals surface area (Å²) in [7, 11) is 0. The number of carbonyl (C=O) groups is 2. The van der Waals surface area contributed by atoms with E-state index in [9.17, 15) is 9.59 Å². The average Bonchev–Trinajstić information content (AvgIpc) is 2.59. The normalized spacial score (nSPS) is 15.4. The van der Waals surface area contributed by atoms with Gasteiger partial charge in [0.15, 0.2) is 0 Å². The Bertz CT molecular complexity index is 517. The number of hydrogen-bond acceptors (Lipinski definition) is 2. The molecule has 2 amide bonds. The van der Waals surface area contributed by atoms with Gasteiger partial charge in [-0.15, -0.1) is 0 Å². The molecular weight excluding hydrogens is 288 g/mol. The van der Waals surface area contributed by atoms with Crippen LogP contribution >= 0.6 is 0 Å². The third-order valence-electron chi connectivity index (χ3n) is 4.48. The fraction of sp³-hybridized carbons (Fsp3) is 0.579. The van der Waals surface area contributed by atoms with Crippen LogP contribution in [0.2, 0.25) is 0 Å². The van der Waals surface area contributed by atoms with Crippen LogP contribution in [0.25, 0.3) is 0 Å². The van der Waals surface area contributed by atoms with Crippen LogP contribution in [0.5, 0.6) is 0 Å². The molecular formula is C19H28N2O2. The Labute approximate surface area is 139 Å². The lowest BCUT2D eigenvalue weighted by Gasteiger charge is -2.22. The first kappa shape index (κ1) is 17.5. The quantitative estimate of drug-likeness (QED) is 0.792. The van der Waals surface area contributed by atoms with E-state index in [1.165, 1.54) is 37.7 Å². The van der Waals surface area contributed by atoms with Gasteiger partial charge in [-0.1, -0.05) is 45.2 Å². The van der Waals surface area contributed by atoms with Gasteiger partial charge in [-0.3, -0.25) is 9.59 Å². The number of rotatable bonds is 6. The zero-order chi connectivity index (χ0) is 16.7. The third-order valence-corrected chi connectivity index (χ3v) is 4.48. The van der Waals surface area contributed by atoms with Crippen molar-refractivity contribution in [1.82, 2.24) is 10.6 Å². The molecule has 23 heavy (non-hydrogen) atoms. The molecule has 1 saturated carbocycles. The van der Waals surface area contributed by atoms with E-state index in [0.717, 1.165) is 0 Å². The van der Waals surface area contributed by atoms with Crippen LogP contribution in [-0.2, 0) is 4.79 Å². The second-order valence-corrected chi connectivity index (χ2v) is 6.66. The van der Waals surface area contributed by atoms with E-state index in [-0.39, 0.29) is 17.7 Å². The maximum atomic E-state index is 12.1. The predicted molar refractivity (Wildman–Crippen MR) is 92.4 cm³/mol. The van der Waals surface area contributed by atoms with E-state index in [4.69, 9.17) is 0 Å². The fourth-order valence-corrected chi connectivity index (χ4v) is 3.01. The van der Waals surface area contributed by atoms with Gasteiger partial charge in [0, 0.05) is 24.6 Å². The highest BCUT2D eigenvalue weighted by molar-refractivity contribution is 5.94. The van der Waals surface area contributed by atoms with Gasteiger partial charge in [-0.2, -0.15) is 0 Å². The van der Waals surface area contributed by atoms with Gasteiger partial charge in [-0.05, 0) is 36.5 Å². The van der Waals surface area contributed by atoms with Crippen LogP contribution in [0.4, 0.5) is 0 Å². The lowest BCUT2D eigenvalue weighted by Crippen LogP contribution is -2.36. The Morgan fingerprint density at radius 1 is 1.00 bits per heavy atom. The van der Waals surface area contributed by atoms with Crippen molar-refractivity contribution in [2.24, 2.45) is 5.92 Å². The van der Waals surface area contributed by atoms with Crippen LogP contribution in [0, 0.1) is 5.92 Å². The second-order valence-electron chi connectivity index (χ2n) is 6.66.